The van der Waals surface area contributed by atoms with Crippen molar-refractivity contribution < 1.29 is 9.15 Å². The maximum absolute atomic E-state index is 5.54. The van der Waals surface area contributed by atoms with Crippen molar-refractivity contribution in [1.29, 1.82) is 0 Å². The van der Waals surface area contributed by atoms with Crippen LogP contribution in [-0.2, 0) is 6.61 Å². The molecule has 0 aliphatic heterocycles. The van der Waals surface area contributed by atoms with Gasteiger partial charge in [0, 0.05) is 18.9 Å². The summed E-state index contributed by atoms with van der Waals surface area (Å²) in [5, 5.41) is 7.14. The van der Waals surface area contributed by atoms with E-state index in [2.05, 4.69) is 25.4 Å². The first kappa shape index (κ1) is 13.1. The van der Waals surface area contributed by atoms with E-state index >= 15 is 0 Å². The van der Waals surface area contributed by atoms with Gasteiger partial charge in [-0.2, -0.15) is 20.1 Å². The van der Waals surface area contributed by atoms with Crippen LogP contribution in [0.2, 0.25) is 0 Å². The molecule has 0 spiro atoms. The summed E-state index contributed by atoms with van der Waals surface area (Å²) < 4.78 is 12.3. The molecule has 21 heavy (non-hydrogen) atoms. The molecule has 3 aromatic rings. The van der Waals surface area contributed by atoms with E-state index < -0.39 is 0 Å². The Bertz CT molecular complexity index is 681. The minimum Gasteiger partial charge on any atom is -0.466 e. The molecule has 1 N–H and O–H groups in total. The molecule has 0 aliphatic rings. The molecule has 3 rings (SSSR count). The molecule has 0 fully saturated rings. The summed E-state index contributed by atoms with van der Waals surface area (Å²) in [4.78, 5) is 12.7. The Morgan fingerprint density at radius 1 is 1.29 bits per heavy atom. The third-order valence-electron chi connectivity index (χ3n) is 2.57. The number of nitrogens with one attached hydrogen (secondary N) is 1. The van der Waals surface area contributed by atoms with Gasteiger partial charge in [-0.1, -0.05) is 0 Å². The van der Waals surface area contributed by atoms with E-state index in [0.717, 1.165) is 0 Å². The predicted molar refractivity (Wildman–Crippen MR) is 74.2 cm³/mol. The minimum atomic E-state index is 0.211. The zero-order valence-corrected chi connectivity index (χ0v) is 11.4. The van der Waals surface area contributed by atoms with Crippen LogP contribution in [0.25, 0.3) is 5.95 Å². The molecule has 0 atom stereocenters. The van der Waals surface area contributed by atoms with Gasteiger partial charge in [-0.25, -0.2) is 4.68 Å². The summed E-state index contributed by atoms with van der Waals surface area (Å²) >= 11 is 0. The van der Waals surface area contributed by atoms with Gasteiger partial charge in [0.2, 0.25) is 5.95 Å². The van der Waals surface area contributed by atoms with Gasteiger partial charge in [-0.3, -0.25) is 0 Å². The highest BCUT2D eigenvalue weighted by Crippen LogP contribution is 2.12. The van der Waals surface area contributed by atoms with Gasteiger partial charge < -0.3 is 14.5 Å². The molecular formula is C13H14N6O2. The monoisotopic (exact) mass is 286 g/mol. The fraction of sp³-hybridized carbons (Fsp3) is 0.231. The lowest BCUT2D eigenvalue weighted by Gasteiger charge is -2.08. The van der Waals surface area contributed by atoms with Crippen LogP contribution in [0.3, 0.4) is 0 Å². The van der Waals surface area contributed by atoms with Gasteiger partial charge in [0.15, 0.2) is 0 Å². The Morgan fingerprint density at radius 3 is 2.95 bits per heavy atom. The van der Waals surface area contributed by atoms with Crippen molar-refractivity contribution in [3.05, 3.63) is 42.6 Å². The fourth-order valence-electron chi connectivity index (χ4n) is 1.67. The van der Waals surface area contributed by atoms with Crippen LogP contribution >= 0.6 is 0 Å². The molecule has 0 bridgehead atoms. The fourth-order valence-corrected chi connectivity index (χ4v) is 1.67. The van der Waals surface area contributed by atoms with Gasteiger partial charge in [0.05, 0.1) is 6.26 Å². The molecule has 8 heteroatoms. The number of hydrogen-bond acceptors (Lipinski definition) is 7. The van der Waals surface area contributed by atoms with Crippen molar-refractivity contribution in [2.45, 2.75) is 13.5 Å². The van der Waals surface area contributed by atoms with Crippen LogP contribution in [-0.4, -0.2) is 31.3 Å². The SMILES string of the molecule is CCNc1nc(OCc2ccco2)nc(-n2cccn2)n1. The Kier molecular flexibility index (Phi) is 3.77. The van der Waals surface area contributed by atoms with E-state index in [0.29, 0.717) is 24.2 Å². The normalized spacial score (nSPS) is 10.5. The first-order valence-electron chi connectivity index (χ1n) is 6.50. The van der Waals surface area contributed by atoms with E-state index in [1.807, 2.05) is 13.0 Å². The number of furan rings is 1. The van der Waals surface area contributed by atoms with Crippen molar-refractivity contribution in [2.75, 3.05) is 11.9 Å². The molecule has 0 saturated heterocycles. The summed E-state index contributed by atoms with van der Waals surface area (Å²) in [6, 6.07) is 5.62. The molecule has 0 aliphatic carbocycles. The smallest absolute Gasteiger partial charge is 0.323 e. The lowest BCUT2D eigenvalue weighted by Crippen LogP contribution is -2.11. The van der Waals surface area contributed by atoms with Crippen molar-refractivity contribution in [2.24, 2.45) is 0 Å². The van der Waals surface area contributed by atoms with Gasteiger partial charge in [-0.15, -0.1) is 0 Å². The van der Waals surface area contributed by atoms with Crippen LogP contribution < -0.4 is 10.1 Å². The summed E-state index contributed by atoms with van der Waals surface area (Å²) in [6.45, 7) is 2.90. The zero-order valence-electron chi connectivity index (χ0n) is 11.4. The van der Waals surface area contributed by atoms with Crippen LogP contribution in [0.15, 0.2) is 41.3 Å². The minimum absolute atomic E-state index is 0.211. The van der Waals surface area contributed by atoms with Crippen LogP contribution in [0, 0.1) is 0 Å². The van der Waals surface area contributed by atoms with Crippen LogP contribution in [0.1, 0.15) is 12.7 Å². The zero-order chi connectivity index (χ0) is 14.5. The maximum atomic E-state index is 5.54. The van der Waals surface area contributed by atoms with Gasteiger partial charge in [-0.05, 0) is 25.1 Å². The van der Waals surface area contributed by atoms with Crippen molar-refractivity contribution in [3.8, 4) is 12.0 Å². The average molecular weight is 286 g/mol. The Balaban J connectivity index is 1.84. The number of aromatic nitrogens is 5. The van der Waals surface area contributed by atoms with E-state index in [-0.39, 0.29) is 12.6 Å². The molecule has 3 heterocycles. The van der Waals surface area contributed by atoms with Crippen molar-refractivity contribution in [1.82, 2.24) is 24.7 Å². The van der Waals surface area contributed by atoms with Crippen LogP contribution in [0.5, 0.6) is 6.01 Å². The number of ether oxygens (including phenoxy) is 1. The van der Waals surface area contributed by atoms with Gasteiger partial charge >= 0.3 is 6.01 Å². The molecule has 3 aromatic heterocycles. The van der Waals surface area contributed by atoms with E-state index in [9.17, 15) is 0 Å². The molecule has 108 valence electrons. The first-order valence-corrected chi connectivity index (χ1v) is 6.50. The highest BCUT2D eigenvalue weighted by molar-refractivity contribution is 5.29. The third-order valence-corrected chi connectivity index (χ3v) is 2.57. The summed E-state index contributed by atoms with van der Waals surface area (Å²) in [5.41, 5.74) is 0. The number of anilines is 1. The Morgan fingerprint density at radius 2 is 2.24 bits per heavy atom. The number of nitrogens with zero attached hydrogens (tertiary/aromatic N) is 5. The maximum Gasteiger partial charge on any atom is 0.323 e. The second-order valence-corrected chi connectivity index (χ2v) is 4.09. The Labute approximate surface area is 120 Å². The van der Waals surface area contributed by atoms with Gasteiger partial charge in [0.1, 0.15) is 12.4 Å². The molecule has 0 aromatic carbocycles. The third kappa shape index (κ3) is 3.16. The summed E-state index contributed by atoms with van der Waals surface area (Å²) in [7, 11) is 0. The van der Waals surface area contributed by atoms with Crippen molar-refractivity contribution in [3.63, 3.8) is 0 Å². The largest absolute Gasteiger partial charge is 0.466 e. The van der Waals surface area contributed by atoms with Crippen molar-refractivity contribution >= 4 is 5.95 Å². The molecule has 0 saturated carbocycles. The molecule has 8 nitrogen and oxygen atoms in total. The Hall–Kier alpha value is -2.90. The molecule has 0 unspecified atom stereocenters. The lowest BCUT2D eigenvalue weighted by atomic mass is 10.5. The summed E-state index contributed by atoms with van der Waals surface area (Å²) in [6.07, 6.45) is 4.99. The lowest BCUT2D eigenvalue weighted by molar-refractivity contribution is 0.249. The van der Waals surface area contributed by atoms with Gasteiger partial charge in [0.25, 0.3) is 5.95 Å². The quantitative estimate of drug-likeness (QED) is 0.736. The highest BCUT2D eigenvalue weighted by Gasteiger charge is 2.09. The van der Waals surface area contributed by atoms with E-state index in [1.54, 1.807) is 35.5 Å². The van der Waals surface area contributed by atoms with E-state index in [4.69, 9.17) is 9.15 Å². The van der Waals surface area contributed by atoms with Crippen LogP contribution in [0.4, 0.5) is 5.95 Å². The van der Waals surface area contributed by atoms with E-state index in [1.165, 1.54) is 0 Å². The highest BCUT2D eigenvalue weighted by atomic mass is 16.5. The molecule has 0 amide bonds. The second-order valence-electron chi connectivity index (χ2n) is 4.09. The molecular weight excluding hydrogens is 272 g/mol. The first-order chi connectivity index (χ1) is 10.3. The predicted octanol–water partition coefficient (Wildman–Crippen LogP) is 1.66. The number of rotatable bonds is 6. The second kappa shape index (κ2) is 6.04. The standard InChI is InChI=1S/C13H14N6O2/c1-2-14-11-16-12(19-7-4-6-15-19)18-13(17-11)21-9-10-5-3-8-20-10/h3-8H,2,9H2,1H3,(H,14,16,17,18). The topological polar surface area (TPSA) is 90.9 Å². The average Bonchev–Trinajstić information content (AvgIpc) is 3.19. The summed E-state index contributed by atoms with van der Waals surface area (Å²) in [5.74, 6) is 1.52. The molecule has 0 radical (unpaired) electrons. The number of hydrogen-bond donors (Lipinski definition) is 1.